The lowest BCUT2D eigenvalue weighted by Gasteiger charge is -2.17. The highest BCUT2D eigenvalue weighted by molar-refractivity contribution is 5.86. The second-order valence-electron chi connectivity index (χ2n) is 5.69. The predicted molar refractivity (Wildman–Crippen MR) is 95.9 cm³/mol. The lowest BCUT2D eigenvalue weighted by molar-refractivity contribution is 0.906. The molecule has 3 N–H and O–H groups in total. The number of anilines is 3. The zero-order chi connectivity index (χ0) is 16.4. The first-order valence-electron chi connectivity index (χ1n) is 7.76. The molecule has 0 amide bonds. The monoisotopic (exact) mass is 310 g/mol. The van der Waals surface area contributed by atoms with Gasteiger partial charge < -0.3 is 16.0 Å². The number of aromatic nitrogens is 3. The second-order valence-corrected chi connectivity index (χ2v) is 5.69. The van der Waals surface area contributed by atoms with Crippen molar-refractivity contribution in [2.45, 2.75) is 13.3 Å². The number of hydrogen-bond donors (Lipinski definition) is 2. The summed E-state index contributed by atoms with van der Waals surface area (Å²) in [5, 5.41) is 7.81. The molecule has 0 aliphatic heterocycles. The maximum Gasteiger partial charge on any atom is 0.159 e. The molecular formula is C17H22N6. The van der Waals surface area contributed by atoms with Gasteiger partial charge in [-0.1, -0.05) is 19.1 Å². The Kier molecular flexibility index (Phi) is 4.06. The Bertz CT molecular complexity index is 804. The molecule has 23 heavy (non-hydrogen) atoms. The van der Waals surface area contributed by atoms with E-state index in [-0.39, 0.29) is 0 Å². The van der Waals surface area contributed by atoms with E-state index >= 15 is 0 Å². The van der Waals surface area contributed by atoms with Crippen LogP contribution in [0.5, 0.6) is 0 Å². The Balaban J connectivity index is 2.16. The topological polar surface area (TPSA) is 71.5 Å². The summed E-state index contributed by atoms with van der Waals surface area (Å²) in [5.74, 6) is 1.39. The summed E-state index contributed by atoms with van der Waals surface area (Å²) in [7, 11) is 4.05. The van der Waals surface area contributed by atoms with E-state index in [1.807, 2.05) is 20.2 Å². The molecule has 0 unspecified atom stereocenters. The number of nitrogens with zero attached hydrogens (tertiary/aromatic N) is 4. The summed E-state index contributed by atoms with van der Waals surface area (Å²) in [6.45, 7) is 2.98. The smallest absolute Gasteiger partial charge is 0.159 e. The Morgan fingerprint density at radius 2 is 1.91 bits per heavy atom. The van der Waals surface area contributed by atoms with Gasteiger partial charge in [-0.3, -0.25) is 0 Å². The molecule has 1 aromatic carbocycles. The number of benzene rings is 1. The molecule has 0 saturated heterocycles. The van der Waals surface area contributed by atoms with E-state index in [1.165, 1.54) is 0 Å². The van der Waals surface area contributed by atoms with E-state index in [9.17, 15) is 0 Å². The fourth-order valence-corrected chi connectivity index (χ4v) is 2.58. The molecule has 0 aliphatic carbocycles. The molecule has 0 atom stereocenters. The first-order chi connectivity index (χ1) is 11.1. The second kappa shape index (κ2) is 6.16. The van der Waals surface area contributed by atoms with Crippen molar-refractivity contribution < 1.29 is 0 Å². The molecule has 2 aromatic heterocycles. The molecule has 6 nitrogen and oxygen atoms in total. The molecule has 0 fully saturated rings. The van der Waals surface area contributed by atoms with Gasteiger partial charge in [-0.25, -0.2) is 4.98 Å². The maximum atomic E-state index is 6.25. The summed E-state index contributed by atoms with van der Waals surface area (Å²) in [6.07, 6.45) is 2.75. The molecule has 3 rings (SSSR count). The number of nitrogens with one attached hydrogen (secondary N) is 1. The van der Waals surface area contributed by atoms with E-state index in [2.05, 4.69) is 51.5 Å². The van der Waals surface area contributed by atoms with Crippen molar-refractivity contribution in [2.24, 2.45) is 0 Å². The van der Waals surface area contributed by atoms with Crippen LogP contribution >= 0.6 is 0 Å². The quantitative estimate of drug-likeness (QED) is 0.758. The number of fused-ring (bicyclic) bond motifs is 1. The van der Waals surface area contributed by atoms with Crippen molar-refractivity contribution in [2.75, 3.05) is 36.6 Å². The normalized spacial score (nSPS) is 10.9. The van der Waals surface area contributed by atoms with Gasteiger partial charge in [-0.15, -0.1) is 0 Å². The molecule has 120 valence electrons. The standard InChI is InChI=1S/C17H22N6/c1-4-10-19-17-15(12-5-7-13(8-6-12)22(2)3)16(18)21-14-9-11-20-23(14)17/h5-9,11,19H,4,10H2,1-3H3,(H2,18,21). The third kappa shape index (κ3) is 2.79. The fraction of sp³-hybridized carbons (Fsp3) is 0.294. The first-order valence-corrected chi connectivity index (χ1v) is 7.76. The van der Waals surface area contributed by atoms with Crippen LogP contribution < -0.4 is 16.0 Å². The van der Waals surface area contributed by atoms with Crippen molar-refractivity contribution in [1.29, 1.82) is 0 Å². The Labute approximate surface area is 135 Å². The number of nitrogen functional groups attached to an aromatic ring is 1. The van der Waals surface area contributed by atoms with Crippen LogP contribution in [0.3, 0.4) is 0 Å². The van der Waals surface area contributed by atoms with Crippen molar-refractivity contribution in [1.82, 2.24) is 14.6 Å². The maximum absolute atomic E-state index is 6.25. The number of hydrogen-bond acceptors (Lipinski definition) is 5. The number of nitrogens with two attached hydrogens (primary N) is 1. The summed E-state index contributed by atoms with van der Waals surface area (Å²) in [4.78, 5) is 6.53. The summed E-state index contributed by atoms with van der Waals surface area (Å²) in [5.41, 5.74) is 10.0. The SMILES string of the molecule is CCCNc1c(-c2ccc(N(C)C)cc2)c(N)nc2ccnn12. The Morgan fingerprint density at radius 1 is 1.17 bits per heavy atom. The van der Waals surface area contributed by atoms with Crippen molar-refractivity contribution >= 4 is 23.0 Å². The third-order valence-corrected chi connectivity index (χ3v) is 3.78. The van der Waals surface area contributed by atoms with Gasteiger partial charge in [0.05, 0.1) is 11.8 Å². The third-order valence-electron chi connectivity index (χ3n) is 3.78. The molecule has 0 saturated carbocycles. The zero-order valence-corrected chi connectivity index (χ0v) is 13.7. The zero-order valence-electron chi connectivity index (χ0n) is 13.7. The van der Waals surface area contributed by atoms with Crippen LogP contribution in [0.2, 0.25) is 0 Å². The van der Waals surface area contributed by atoms with Gasteiger partial charge in [0.2, 0.25) is 0 Å². The molecule has 0 bridgehead atoms. The molecule has 0 radical (unpaired) electrons. The minimum absolute atomic E-state index is 0.509. The van der Waals surface area contributed by atoms with Crippen LogP contribution in [0.25, 0.3) is 16.8 Å². The lowest BCUT2D eigenvalue weighted by Crippen LogP contribution is -2.11. The van der Waals surface area contributed by atoms with Crippen LogP contribution in [-0.4, -0.2) is 35.2 Å². The number of rotatable bonds is 5. The van der Waals surface area contributed by atoms with Gasteiger partial charge in [0.15, 0.2) is 5.65 Å². The van der Waals surface area contributed by atoms with Gasteiger partial charge in [0, 0.05) is 32.4 Å². The molecular weight excluding hydrogens is 288 g/mol. The summed E-state index contributed by atoms with van der Waals surface area (Å²) < 4.78 is 1.81. The van der Waals surface area contributed by atoms with Gasteiger partial charge in [-0.2, -0.15) is 9.61 Å². The molecule has 6 heteroatoms. The van der Waals surface area contributed by atoms with Gasteiger partial charge >= 0.3 is 0 Å². The van der Waals surface area contributed by atoms with E-state index in [0.29, 0.717) is 5.82 Å². The van der Waals surface area contributed by atoms with Gasteiger partial charge in [0.25, 0.3) is 0 Å². The van der Waals surface area contributed by atoms with Gasteiger partial charge in [-0.05, 0) is 24.1 Å². The highest BCUT2D eigenvalue weighted by atomic mass is 15.3. The summed E-state index contributed by atoms with van der Waals surface area (Å²) in [6, 6.07) is 10.1. The fourth-order valence-electron chi connectivity index (χ4n) is 2.58. The van der Waals surface area contributed by atoms with Gasteiger partial charge in [0.1, 0.15) is 11.6 Å². The molecule has 0 spiro atoms. The Morgan fingerprint density at radius 3 is 2.57 bits per heavy atom. The van der Waals surface area contributed by atoms with E-state index in [1.54, 1.807) is 10.7 Å². The Hall–Kier alpha value is -2.76. The first kappa shape index (κ1) is 15.1. The lowest BCUT2D eigenvalue weighted by atomic mass is 10.1. The minimum atomic E-state index is 0.509. The van der Waals surface area contributed by atoms with Crippen LogP contribution in [0.15, 0.2) is 36.5 Å². The van der Waals surface area contributed by atoms with Crippen molar-refractivity contribution in [3.05, 3.63) is 36.5 Å². The highest BCUT2D eigenvalue weighted by Gasteiger charge is 2.16. The van der Waals surface area contributed by atoms with E-state index in [4.69, 9.17) is 5.73 Å². The van der Waals surface area contributed by atoms with Crippen LogP contribution in [0, 0.1) is 0 Å². The minimum Gasteiger partial charge on any atom is -0.383 e. The van der Waals surface area contributed by atoms with Crippen molar-refractivity contribution in [3.8, 4) is 11.1 Å². The largest absolute Gasteiger partial charge is 0.383 e. The van der Waals surface area contributed by atoms with Crippen LogP contribution in [0.4, 0.5) is 17.3 Å². The average Bonchev–Trinajstić information content (AvgIpc) is 3.00. The van der Waals surface area contributed by atoms with Crippen LogP contribution in [-0.2, 0) is 0 Å². The highest BCUT2D eigenvalue weighted by Crippen LogP contribution is 2.33. The van der Waals surface area contributed by atoms with Crippen molar-refractivity contribution in [3.63, 3.8) is 0 Å². The molecule has 3 aromatic rings. The molecule has 2 heterocycles. The van der Waals surface area contributed by atoms with Crippen LogP contribution in [0.1, 0.15) is 13.3 Å². The molecule has 0 aliphatic rings. The predicted octanol–water partition coefficient (Wildman–Crippen LogP) is 2.87. The summed E-state index contributed by atoms with van der Waals surface area (Å²) >= 11 is 0. The average molecular weight is 310 g/mol. The van der Waals surface area contributed by atoms with E-state index in [0.717, 1.165) is 41.2 Å². The van der Waals surface area contributed by atoms with E-state index < -0.39 is 0 Å².